The summed E-state index contributed by atoms with van der Waals surface area (Å²) in [6.07, 6.45) is 0.0694. The molecule has 0 saturated heterocycles. The summed E-state index contributed by atoms with van der Waals surface area (Å²) in [6, 6.07) is 7.97. The van der Waals surface area contributed by atoms with Gasteiger partial charge in [-0.05, 0) is 11.6 Å². The van der Waals surface area contributed by atoms with Crippen LogP contribution in [-0.4, -0.2) is 23.5 Å². The summed E-state index contributed by atoms with van der Waals surface area (Å²) in [4.78, 5) is 22.3. The zero-order valence-electron chi connectivity index (χ0n) is 9.72. The number of para-hydroxylation sites is 1. The first kappa shape index (κ1) is 13.2. The molecule has 2 amide bonds. The van der Waals surface area contributed by atoms with Gasteiger partial charge in [0, 0.05) is 19.0 Å². The molecule has 0 aliphatic carbocycles. The molecule has 0 aromatic heterocycles. The lowest BCUT2D eigenvalue weighted by atomic mass is 10.0. The van der Waals surface area contributed by atoms with Crippen LogP contribution < -0.4 is 10.6 Å². The Morgan fingerprint density at radius 2 is 2.06 bits per heavy atom. The first-order chi connectivity index (χ1) is 8.06. The lowest BCUT2D eigenvalue weighted by Crippen LogP contribution is -2.36. The highest BCUT2D eigenvalue weighted by Crippen LogP contribution is 2.31. The number of anilines is 1. The van der Waals surface area contributed by atoms with Gasteiger partial charge in [-0.25, -0.2) is 0 Å². The molecule has 0 spiro atoms. The van der Waals surface area contributed by atoms with Crippen molar-refractivity contribution in [1.82, 2.24) is 0 Å². The maximum atomic E-state index is 10.9. The average Bonchev–Trinajstić information content (AvgIpc) is 2.20. The van der Waals surface area contributed by atoms with E-state index >= 15 is 0 Å². The molecule has 2 rings (SSSR count). The predicted octanol–water partition coefficient (Wildman–Crippen LogP) is 0.407. The smallest absolute Gasteiger partial charge is 0.224 e. The van der Waals surface area contributed by atoms with Crippen LogP contribution in [0.1, 0.15) is 18.9 Å². The quantitative estimate of drug-likeness (QED) is 0.780. The maximum absolute atomic E-state index is 10.9. The number of benzene rings is 1. The number of carbonyl (C=O) groups excluding carboxylic acids is 2. The zero-order valence-corrected chi connectivity index (χ0v) is 9.72. The van der Waals surface area contributed by atoms with Crippen molar-refractivity contribution in [3.8, 4) is 0 Å². The first-order valence-electron chi connectivity index (χ1n) is 5.31. The zero-order chi connectivity index (χ0) is 12.8. The van der Waals surface area contributed by atoms with Crippen LogP contribution in [0.2, 0.25) is 0 Å². The third kappa shape index (κ3) is 3.57. The van der Waals surface area contributed by atoms with Crippen molar-refractivity contribution in [1.29, 1.82) is 0 Å². The first-order valence-corrected chi connectivity index (χ1v) is 5.31. The second-order valence-corrected chi connectivity index (χ2v) is 3.67. The summed E-state index contributed by atoms with van der Waals surface area (Å²) < 4.78 is 0. The summed E-state index contributed by atoms with van der Waals surface area (Å²) in [5, 5.41) is 7.94. The number of nitrogens with zero attached hydrogens (tertiary/aromatic N) is 1. The molecule has 1 aliphatic heterocycles. The summed E-state index contributed by atoms with van der Waals surface area (Å²) >= 11 is 0. The molecule has 1 aromatic carbocycles. The number of carbonyl (C=O) groups is 2. The fourth-order valence-electron chi connectivity index (χ4n) is 1.46. The molecule has 0 fully saturated rings. The second-order valence-electron chi connectivity index (χ2n) is 3.67. The number of fused-ring (bicyclic) bond motifs is 1. The summed E-state index contributed by atoms with van der Waals surface area (Å²) in [7, 11) is 0. The lowest BCUT2D eigenvalue weighted by molar-refractivity contribution is -0.119. The van der Waals surface area contributed by atoms with Gasteiger partial charge in [0.25, 0.3) is 0 Å². The standard InChI is InChI=1S/C9H9NO.C3H7NO2/c1-7(11)10-6-8-4-2-3-5-9(8)10;4-3(6)1-2-5/h2-5H,6H2,1H3;5H,1-2H2,(H2,4,6). The van der Waals surface area contributed by atoms with E-state index in [1.807, 2.05) is 18.2 Å². The minimum atomic E-state index is -0.461. The molecule has 92 valence electrons. The molecular formula is C12H16N2O3. The van der Waals surface area contributed by atoms with Crippen molar-refractivity contribution >= 4 is 17.5 Å². The fraction of sp³-hybridized carbons (Fsp3) is 0.333. The Hall–Kier alpha value is -1.88. The molecule has 0 saturated carbocycles. The van der Waals surface area contributed by atoms with E-state index in [0.29, 0.717) is 0 Å². The molecule has 5 heteroatoms. The van der Waals surface area contributed by atoms with Crippen molar-refractivity contribution in [2.24, 2.45) is 5.73 Å². The van der Waals surface area contributed by atoms with E-state index in [1.165, 1.54) is 5.56 Å². The van der Waals surface area contributed by atoms with Crippen molar-refractivity contribution < 1.29 is 14.7 Å². The third-order valence-electron chi connectivity index (χ3n) is 2.35. The van der Waals surface area contributed by atoms with E-state index in [9.17, 15) is 9.59 Å². The molecule has 0 bridgehead atoms. The van der Waals surface area contributed by atoms with Gasteiger partial charge in [0.05, 0.1) is 13.2 Å². The minimum Gasteiger partial charge on any atom is -0.396 e. The van der Waals surface area contributed by atoms with Crippen molar-refractivity contribution in [3.05, 3.63) is 29.8 Å². The number of primary amides is 1. The topological polar surface area (TPSA) is 83.6 Å². The number of aliphatic hydroxyl groups excluding tert-OH is 1. The number of hydrogen-bond acceptors (Lipinski definition) is 3. The van der Waals surface area contributed by atoms with Gasteiger partial charge in [0.1, 0.15) is 0 Å². The van der Waals surface area contributed by atoms with Gasteiger partial charge in [-0.15, -0.1) is 0 Å². The normalized spacial score (nSPS) is 11.8. The van der Waals surface area contributed by atoms with Crippen molar-refractivity contribution in [2.45, 2.75) is 19.9 Å². The Morgan fingerprint density at radius 1 is 1.41 bits per heavy atom. The SMILES string of the molecule is CC(=O)N1Cc2ccccc21.NC(=O)CCO. The molecule has 0 unspecified atom stereocenters. The summed E-state index contributed by atoms with van der Waals surface area (Å²) in [6.45, 7) is 2.23. The van der Waals surface area contributed by atoms with Crippen LogP contribution in [0.4, 0.5) is 5.69 Å². The van der Waals surface area contributed by atoms with Crippen LogP contribution in [0, 0.1) is 0 Å². The number of hydrogen-bond donors (Lipinski definition) is 2. The highest BCUT2D eigenvalue weighted by Gasteiger charge is 2.24. The van der Waals surface area contributed by atoms with Crippen LogP contribution in [0.5, 0.6) is 0 Å². The highest BCUT2D eigenvalue weighted by atomic mass is 16.3. The van der Waals surface area contributed by atoms with Crippen LogP contribution in [0.3, 0.4) is 0 Å². The maximum Gasteiger partial charge on any atom is 0.224 e. The van der Waals surface area contributed by atoms with Gasteiger partial charge in [-0.2, -0.15) is 0 Å². The Labute approximate surface area is 99.8 Å². The van der Waals surface area contributed by atoms with Gasteiger partial charge >= 0.3 is 0 Å². The predicted molar refractivity (Wildman–Crippen MR) is 64.2 cm³/mol. The van der Waals surface area contributed by atoms with Crippen molar-refractivity contribution in [3.63, 3.8) is 0 Å². The molecule has 0 radical (unpaired) electrons. The molecule has 3 N–H and O–H groups in total. The van der Waals surface area contributed by atoms with E-state index < -0.39 is 5.91 Å². The molecule has 5 nitrogen and oxygen atoms in total. The molecule has 0 atom stereocenters. The molecular weight excluding hydrogens is 220 g/mol. The average molecular weight is 236 g/mol. The van der Waals surface area contributed by atoms with Crippen molar-refractivity contribution in [2.75, 3.05) is 11.5 Å². The molecule has 1 heterocycles. The summed E-state index contributed by atoms with van der Waals surface area (Å²) in [5.74, 6) is -0.332. The third-order valence-corrected chi connectivity index (χ3v) is 2.35. The van der Waals surface area contributed by atoms with Crippen LogP contribution in [0.25, 0.3) is 0 Å². The van der Waals surface area contributed by atoms with E-state index in [0.717, 1.165) is 12.2 Å². The lowest BCUT2D eigenvalue weighted by Gasteiger charge is -2.32. The van der Waals surface area contributed by atoms with Gasteiger partial charge in [0.15, 0.2) is 0 Å². The van der Waals surface area contributed by atoms with Gasteiger partial charge in [-0.1, -0.05) is 18.2 Å². The van der Waals surface area contributed by atoms with Gasteiger partial charge in [0.2, 0.25) is 11.8 Å². The van der Waals surface area contributed by atoms with E-state index in [2.05, 4.69) is 11.8 Å². The van der Waals surface area contributed by atoms with Gasteiger partial charge < -0.3 is 15.7 Å². The Morgan fingerprint density at radius 3 is 2.47 bits per heavy atom. The van der Waals surface area contributed by atoms with Gasteiger partial charge in [-0.3, -0.25) is 9.59 Å². The van der Waals surface area contributed by atoms with E-state index in [-0.39, 0.29) is 18.9 Å². The number of nitrogens with two attached hydrogens (primary N) is 1. The number of rotatable bonds is 2. The molecule has 1 aromatic rings. The van der Waals surface area contributed by atoms with Crippen LogP contribution >= 0.6 is 0 Å². The monoisotopic (exact) mass is 236 g/mol. The van der Waals surface area contributed by atoms with Crippen LogP contribution in [0.15, 0.2) is 24.3 Å². The minimum absolute atomic E-state index is 0.0694. The fourth-order valence-corrected chi connectivity index (χ4v) is 1.46. The van der Waals surface area contributed by atoms with E-state index in [1.54, 1.807) is 11.8 Å². The second kappa shape index (κ2) is 6.00. The number of aliphatic hydroxyl groups is 1. The Balaban J connectivity index is 0.000000209. The highest BCUT2D eigenvalue weighted by molar-refractivity contribution is 5.95. The largest absolute Gasteiger partial charge is 0.396 e. The van der Waals surface area contributed by atoms with Crippen LogP contribution in [-0.2, 0) is 16.1 Å². The van der Waals surface area contributed by atoms with E-state index in [4.69, 9.17) is 5.11 Å². The Bertz CT molecular complexity index is 418. The molecule has 17 heavy (non-hydrogen) atoms. The Kier molecular flexibility index (Phi) is 4.66. The number of amides is 2. The summed E-state index contributed by atoms with van der Waals surface area (Å²) in [5.41, 5.74) is 6.94. The molecule has 1 aliphatic rings.